The molecule has 0 aromatic heterocycles. The molecule has 0 aliphatic rings. The molecule has 2 rings (SSSR count). The molecule has 1 nitrogen and oxygen atoms in total. The third-order valence-electron chi connectivity index (χ3n) is 3.34. The van der Waals surface area contributed by atoms with Crippen LogP contribution in [0.5, 0.6) is 0 Å². The first kappa shape index (κ1) is 16.1. The van der Waals surface area contributed by atoms with E-state index >= 15 is 0 Å². The van der Waals surface area contributed by atoms with Crippen molar-refractivity contribution < 1.29 is 4.43 Å². The Hall–Kier alpha value is -2.26. The van der Waals surface area contributed by atoms with Crippen LogP contribution >= 0.6 is 0 Å². The van der Waals surface area contributed by atoms with E-state index in [1.165, 1.54) is 5.19 Å². The maximum Gasteiger partial charge on any atom is 0.218 e. The predicted octanol–water partition coefficient (Wildman–Crippen LogP) is 3.54. The molecule has 0 atom stereocenters. The summed E-state index contributed by atoms with van der Waals surface area (Å²) in [5.74, 6) is 11.9. The second-order valence-electron chi connectivity index (χ2n) is 5.39. The normalized spacial score (nSPS) is 10.1. The van der Waals surface area contributed by atoms with Crippen molar-refractivity contribution >= 4 is 13.5 Å². The minimum atomic E-state index is -1.76. The van der Waals surface area contributed by atoms with Gasteiger partial charge in [0, 0.05) is 17.7 Å². The van der Waals surface area contributed by atoms with E-state index in [1.54, 1.807) is 0 Å². The highest BCUT2D eigenvalue weighted by atomic mass is 28.4. The molecule has 110 valence electrons. The summed E-state index contributed by atoms with van der Waals surface area (Å²) in [4.78, 5) is 0. The van der Waals surface area contributed by atoms with Crippen molar-refractivity contribution in [1.29, 1.82) is 0 Å². The summed E-state index contributed by atoms with van der Waals surface area (Å²) in [5, 5.41) is 1.29. The van der Waals surface area contributed by atoms with Crippen molar-refractivity contribution in [3.8, 4) is 23.7 Å². The van der Waals surface area contributed by atoms with Crippen LogP contribution in [0.15, 0.2) is 54.6 Å². The quantitative estimate of drug-likeness (QED) is 0.622. The van der Waals surface area contributed by atoms with E-state index in [2.05, 4.69) is 48.9 Å². The summed E-state index contributed by atoms with van der Waals surface area (Å²) in [5.41, 5.74) is 1.96. The maximum atomic E-state index is 5.88. The highest BCUT2D eigenvalue weighted by Crippen LogP contribution is 2.06. The van der Waals surface area contributed by atoms with Gasteiger partial charge in [0.2, 0.25) is 8.32 Å². The van der Waals surface area contributed by atoms with Crippen LogP contribution in [0.4, 0.5) is 0 Å². The summed E-state index contributed by atoms with van der Waals surface area (Å²) in [7, 11) is -1.76. The minimum absolute atomic E-state index is 0.760. The molecule has 0 bridgehead atoms. The molecule has 0 fully saturated rings. The average molecular weight is 304 g/mol. The van der Waals surface area contributed by atoms with Crippen LogP contribution in [0.25, 0.3) is 0 Å². The van der Waals surface area contributed by atoms with Crippen LogP contribution in [-0.4, -0.2) is 14.9 Å². The third-order valence-corrected chi connectivity index (χ3v) is 6.07. The van der Waals surface area contributed by atoms with Gasteiger partial charge in [-0.2, -0.15) is 0 Å². The first-order valence-electron chi connectivity index (χ1n) is 7.43. The number of benzene rings is 2. The number of rotatable bonds is 3. The summed E-state index contributed by atoms with van der Waals surface area (Å²) in [6.07, 6.45) is 0. The molecular formula is C20H20OSi. The van der Waals surface area contributed by atoms with E-state index in [0.29, 0.717) is 0 Å². The third kappa shape index (κ3) is 4.64. The molecule has 0 radical (unpaired) electrons. The van der Waals surface area contributed by atoms with Gasteiger partial charge in [-0.25, -0.2) is 0 Å². The second-order valence-corrected chi connectivity index (χ2v) is 9.27. The Balaban J connectivity index is 2.07. The Morgan fingerprint density at radius 1 is 0.818 bits per heavy atom. The van der Waals surface area contributed by atoms with Gasteiger partial charge in [-0.05, 0) is 61.3 Å². The molecule has 0 saturated carbocycles. The average Bonchev–Trinajstić information content (AvgIpc) is 2.53. The molecule has 0 aliphatic carbocycles. The monoisotopic (exact) mass is 304 g/mol. The topological polar surface area (TPSA) is 9.23 Å². The van der Waals surface area contributed by atoms with Gasteiger partial charge in [-0.15, -0.1) is 0 Å². The predicted molar refractivity (Wildman–Crippen MR) is 95.4 cm³/mol. The van der Waals surface area contributed by atoms with E-state index in [-0.39, 0.29) is 0 Å². The van der Waals surface area contributed by atoms with E-state index in [9.17, 15) is 0 Å². The standard InChI is InChI=1S/C20H20OSi/c1-4-21-22(2,3)20-16-14-19(15-17-20)13-9-8-12-18-10-6-5-7-11-18/h5-7,10-11,14-17H,4H2,1-3H3. The maximum absolute atomic E-state index is 5.88. The smallest absolute Gasteiger partial charge is 0.218 e. The lowest BCUT2D eigenvalue weighted by Gasteiger charge is -2.22. The van der Waals surface area contributed by atoms with Crippen LogP contribution < -0.4 is 5.19 Å². The van der Waals surface area contributed by atoms with E-state index in [4.69, 9.17) is 4.43 Å². The van der Waals surface area contributed by atoms with Gasteiger partial charge in [0.25, 0.3) is 0 Å². The molecule has 0 spiro atoms. The largest absolute Gasteiger partial charge is 0.413 e. The zero-order valence-electron chi connectivity index (χ0n) is 13.3. The van der Waals surface area contributed by atoms with E-state index in [1.807, 2.05) is 49.4 Å². The summed E-state index contributed by atoms with van der Waals surface area (Å²) in [6.45, 7) is 7.22. The van der Waals surface area contributed by atoms with E-state index < -0.39 is 8.32 Å². The number of hydrogen-bond donors (Lipinski definition) is 0. The molecule has 0 aliphatic heterocycles. The van der Waals surface area contributed by atoms with Crippen molar-refractivity contribution in [3.05, 3.63) is 65.7 Å². The van der Waals surface area contributed by atoms with Crippen molar-refractivity contribution in [3.63, 3.8) is 0 Å². The van der Waals surface area contributed by atoms with Crippen LogP contribution in [0.2, 0.25) is 13.1 Å². The zero-order valence-corrected chi connectivity index (χ0v) is 14.3. The molecule has 2 aromatic carbocycles. The molecule has 0 amide bonds. The summed E-state index contributed by atoms with van der Waals surface area (Å²) >= 11 is 0. The van der Waals surface area contributed by atoms with Gasteiger partial charge in [0.1, 0.15) is 0 Å². The van der Waals surface area contributed by atoms with Gasteiger partial charge < -0.3 is 4.43 Å². The van der Waals surface area contributed by atoms with Crippen molar-refractivity contribution in [1.82, 2.24) is 0 Å². The highest BCUT2D eigenvalue weighted by molar-refractivity contribution is 6.84. The lowest BCUT2D eigenvalue weighted by atomic mass is 10.2. The Morgan fingerprint density at radius 3 is 1.91 bits per heavy atom. The Bertz CT molecular complexity index is 723. The molecule has 0 heterocycles. The first-order valence-corrected chi connectivity index (χ1v) is 10.3. The van der Waals surface area contributed by atoms with Crippen LogP contribution in [0, 0.1) is 23.7 Å². The fourth-order valence-corrected chi connectivity index (χ4v) is 3.99. The van der Waals surface area contributed by atoms with Crippen molar-refractivity contribution in [2.45, 2.75) is 20.0 Å². The molecule has 2 aromatic rings. The van der Waals surface area contributed by atoms with Gasteiger partial charge in [-0.3, -0.25) is 0 Å². The molecule has 0 saturated heterocycles. The lowest BCUT2D eigenvalue weighted by molar-refractivity contribution is 0.339. The van der Waals surface area contributed by atoms with Gasteiger partial charge in [0.15, 0.2) is 0 Å². The van der Waals surface area contributed by atoms with E-state index in [0.717, 1.165) is 17.7 Å². The minimum Gasteiger partial charge on any atom is -0.413 e. The Labute approximate surface area is 134 Å². The zero-order chi connectivity index (χ0) is 15.8. The molecule has 0 unspecified atom stereocenters. The first-order chi connectivity index (χ1) is 10.6. The van der Waals surface area contributed by atoms with Crippen molar-refractivity contribution in [2.24, 2.45) is 0 Å². The molecular weight excluding hydrogens is 284 g/mol. The van der Waals surface area contributed by atoms with Crippen LogP contribution in [0.1, 0.15) is 18.1 Å². The fraction of sp³-hybridized carbons (Fsp3) is 0.200. The Morgan fingerprint density at radius 2 is 1.36 bits per heavy atom. The van der Waals surface area contributed by atoms with Crippen LogP contribution in [0.3, 0.4) is 0 Å². The lowest BCUT2D eigenvalue weighted by Crippen LogP contribution is -2.44. The van der Waals surface area contributed by atoms with Gasteiger partial charge in [0.05, 0.1) is 0 Å². The SMILES string of the molecule is CCO[Si](C)(C)c1ccc(C#CC#Cc2ccccc2)cc1. The molecule has 0 N–H and O–H groups in total. The second kappa shape index (κ2) is 7.66. The Kier molecular flexibility index (Phi) is 5.61. The summed E-state index contributed by atoms with van der Waals surface area (Å²) < 4.78 is 5.88. The fourth-order valence-electron chi connectivity index (χ4n) is 2.13. The number of hydrogen-bond acceptors (Lipinski definition) is 1. The highest BCUT2D eigenvalue weighted by Gasteiger charge is 2.24. The summed E-state index contributed by atoms with van der Waals surface area (Å²) in [6, 6.07) is 18.2. The molecule has 22 heavy (non-hydrogen) atoms. The van der Waals surface area contributed by atoms with Gasteiger partial charge >= 0.3 is 0 Å². The molecule has 2 heteroatoms. The van der Waals surface area contributed by atoms with Crippen molar-refractivity contribution in [2.75, 3.05) is 6.61 Å². The van der Waals surface area contributed by atoms with Crippen LogP contribution in [-0.2, 0) is 4.43 Å². The van der Waals surface area contributed by atoms with Gasteiger partial charge in [-0.1, -0.05) is 42.2 Å².